The van der Waals surface area contributed by atoms with Crippen LogP contribution in [0, 0.1) is 0 Å². The number of anilines is 2. The molecular weight excluding hydrogens is 324 g/mol. The lowest BCUT2D eigenvalue weighted by Crippen LogP contribution is -2.45. The summed E-state index contributed by atoms with van der Waals surface area (Å²) in [6.45, 7) is 4.59. The van der Waals surface area contributed by atoms with Gasteiger partial charge in [-0.15, -0.1) is 0 Å². The summed E-state index contributed by atoms with van der Waals surface area (Å²) < 4.78 is 22.6. The van der Waals surface area contributed by atoms with Crippen molar-refractivity contribution >= 4 is 21.4 Å². The molecule has 1 saturated heterocycles. The molecule has 2 aromatic rings. The summed E-state index contributed by atoms with van der Waals surface area (Å²) in [4.78, 5) is 4.79. The third-order valence-corrected chi connectivity index (χ3v) is 5.19. The summed E-state index contributed by atoms with van der Waals surface area (Å²) in [5.41, 5.74) is 8.86. The molecule has 128 valence electrons. The van der Waals surface area contributed by atoms with E-state index in [9.17, 15) is 8.42 Å². The number of nitrogens with two attached hydrogens (primary N) is 2. The van der Waals surface area contributed by atoms with Crippen LogP contribution in [0.25, 0.3) is 0 Å². The lowest BCUT2D eigenvalue weighted by molar-refractivity contribution is 0.250. The minimum absolute atomic E-state index is 0.145. The topological polar surface area (TPSA) is 92.7 Å². The van der Waals surface area contributed by atoms with Gasteiger partial charge in [0.25, 0.3) is 0 Å². The predicted molar refractivity (Wildman–Crippen MR) is 96.2 cm³/mol. The molecular formula is C17H22N4O2S. The third kappa shape index (κ3) is 4.05. The first-order valence-electron chi connectivity index (χ1n) is 7.86. The maximum absolute atomic E-state index is 11.3. The Hall–Kier alpha value is -2.09. The summed E-state index contributed by atoms with van der Waals surface area (Å²) in [5.74, 6) is 0. The Morgan fingerprint density at radius 3 is 2.21 bits per heavy atom. The van der Waals surface area contributed by atoms with Crippen molar-refractivity contribution in [2.75, 3.05) is 36.8 Å². The highest BCUT2D eigenvalue weighted by molar-refractivity contribution is 7.89. The zero-order valence-corrected chi connectivity index (χ0v) is 14.2. The molecule has 0 amide bonds. The summed E-state index contributed by atoms with van der Waals surface area (Å²) in [5, 5.41) is 5.13. The molecule has 4 N–H and O–H groups in total. The molecule has 2 aromatic carbocycles. The van der Waals surface area contributed by atoms with Crippen molar-refractivity contribution in [3.05, 3.63) is 54.1 Å². The highest BCUT2D eigenvalue weighted by Crippen LogP contribution is 2.20. The number of nitrogen functional groups attached to an aromatic ring is 1. The third-order valence-electron chi connectivity index (χ3n) is 4.26. The standard InChI is InChI=1S/C17H22N4O2S/c18-15-3-1-2-14(12-15)13-20-8-10-21(11-9-20)16-4-6-17(7-5-16)24(19,22)23/h1-7,12H,8-11,13,18H2,(H2,19,22,23). The lowest BCUT2D eigenvalue weighted by Gasteiger charge is -2.36. The van der Waals surface area contributed by atoms with Gasteiger partial charge in [-0.05, 0) is 42.0 Å². The van der Waals surface area contributed by atoms with Crippen molar-refractivity contribution in [1.82, 2.24) is 4.90 Å². The van der Waals surface area contributed by atoms with E-state index >= 15 is 0 Å². The van der Waals surface area contributed by atoms with Crippen LogP contribution in [0.3, 0.4) is 0 Å². The van der Waals surface area contributed by atoms with Gasteiger partial charge >= 0.3 is 0 Å². The van der Waals surface area contributed by atoms with E-state index in [2.05, 4.69) is 15.9 Å². The van der Waals surface area contributed by atoms with Gasteiger partial charge in [-0.1, -0.05) is 12.1 Å². The van der Waals surface area contributed by atoms with E-state index in [0.717, 1.165) is 44.1 Å². The van der Waals surface area contributed by atoms with E-state index in [0.29, 0.717) is 0 Å². The highest BCUT2D eigenvalue weighted by atomic mass is 32.2. The number of sulfonamides is 1. The molecule has 1 heterocycles. The number of hydrogen-bond acceptors (Lipinski definition) is 5. The van der Waals surface area contributed by atoms with Crippen molar-refractivity contribution in [3.8, 4) is 0 Å². The number of rotatable bonds is 4. The fourth-order valence-electron chi connectivity index (χ4n) is 2.96. The Bertz CT molecular complexity index is 798. The fourth-order valence-corrected chi connectivity index (χ4v) is 3.48. The zero-order valence-electron chi connectivity index (χ0n) is 13.4. The second kappa shape index (κ2) is 6.80. The SMILES string of the molecule is Nc1cccc(CN2CCN(c3ccc(S(N)(=O)=O)cc3)CC2)c1. The minimum atomic E-state index is -3.63. The lowest BCUT2D eigenvalue weighted by atomic mass is 10.1. The number of piperazine rings is 1. The maximum Gasteiger partial charge on any atom is 0.238 e. The first-order valence-corrected chi connectivity index (χ1v) is 9.41. The van der Waals surface area contributed by atoms with E-state index in [1.807, 2.05) is 30.3 Å². The van der Waals surface area contributed by atoms with Gasteiger partial charge in [0.05, 0.1) is 4.90 Å². The smallest absolute Gasteiger partial charge is 0.238 e. The van der Waals surface area contributed by atoms with Crippen molar-refractivity contribution in [2.45, 2.75) is 11.4 Å². The van der Waals surface area contributed by atoms with Gasteiger partial charge in [0.2, 0.25) is 10.0 Å². The normalized spacial score (nSPS) is 16.3. The van der Waals surface area contributed by atoms with E-state index in [1.54, 1.807) is 12.1 Å². The molecule has 0 unspecified atom stereocenters. The van der Waals surface area contributed by atoms with Crippen molar-refractivity contribution in [1.29, 1.82) is 0 Å². The number of primary sulfonamides is 1. The average Bonchev–Trinajstić information content (AvgIpc) is 2.55. The Balaban J connectivity index is 1.59. The molecule has 1 aliphatic rings. The van der Waals surface area contributed by atoms with Crippen molar-refractivity contribution in [3.63, 3.8) is 0 Å². The first-order chi connectivity index (χ1) is 11.4. The second-order valence-electron chi connectivity index (χ2n) is 6.05. The van der Waals surface area contributed by atoms with Gasteiger partial charge in [0, 0.05) is 44.1 Å². The van der Waals surface area contributed by atoms with Crippen LogP contribution >= 0.6 is 0 Å². The maximum atomic E-state index is 11.3. The quantitative estimate of drug-likeness (QED) is 0.813. The van der Waals surface area contributed by atoms with Crippen LogP contribution in [0.2, 0.25) is 0 Å². The van der Waals surface area contributed by atoms with Gasteiger partial charge in [0.1, 0.15) is 0 Å². The van der Waals surface area contributed by atoms with Crippen LogP contribution in [0.1, 0.15) is 5.56 Å². The molecule has 1 fully saturated rings. The molecule has 0 saturated carbocycles. The van der Waals surface area contributed by atoms with E-state index in [-0.39, 0.29) is 4.90 Å². The molecule has 24 heavy (non-hydrogen) atoms. The Kier molecular flexibility index (Phi) is 4.75. The van der Waals surface area contributed by atoms with Crippen LogP contribution < -0.4 is 15.8 Å². The largest absolute Gasteiger partial charge is 0.399 e. The Labute approximate surface area is 142 Å². The summed E-state index contributed by atoms with van der Waals surface area (Å²) in [7, 11) is -3.63. The molecule has 1 aliphatic heterocycles. The fraction of sp³-hybridized carbons (Fsp3) is 0.294. The molecule has 7 heteroatoms. The molecule has 0 aromatic heterocycles. The Morgan fingerprint density at radius 2 is 1.62 bits per heavy atom. The van der Waals surface area contributed by atoms with Gasteiger partial charge in [-0.3, -0.25) is 4.90 Å². The van der Waals surface area contributed by atoms with E-state index < -0.39 is 10.0 Å². The Morgan fingerprint density at radius 1 is 0.958 bits per heavy atom. The van der Waals surface area contributed by atoms with Crippen LogP contribution in [-0.4, -0.2) is 39.5 Å². The van der Waals surface area contributed by atoms with Crippen LogP contribution in [0.5, 0.6) is 0 Å². The first kappa shape index (κ1) is 16.8. The van der Waals surface area contributed by atoms with E-state index in [1.165, 1.54) is 5.56 Å². The van der Waals surface area contributed by atoms with Gasteiger partial charge in [-0.2, -0.15) is 0 Å². The van der Waals surface area contributed by atoms with Crippen molar-refractivity contribution < 1.29 is 8.42 Å². The van der Waals surface area contributed by atoms with Crippen molar-refractivity contribution in [2.24, 2.45) is 5.14 Å². The van der Waals surface area contributed by atoms with Crippen LogP contribution in [-0.2, 0) is 16.6 Å². The highest BCUT2D eigenvalue weighted by Gasteiger charge is 2.18. The molecule has 3 rings (SSSR count). The molecule has 6 nitrogen and oxygen atoms in total. The zero-order chi connectivity index (χ0) is 17.2. The molecule has 0 atom stereocenters. The average molecular weight is 346 g/mol. The van der Waals surface area contributed by atoms with Gasteiger partial charge in [-0.25, -0.2) is 13.6 Å². The number of nitrogens with zero attached hydrogens (tertiary/aromatic N) is 2. The summed E-state index contributed by atoms with van der Waals surface area (Å²) in [6, 6.07) is 14.7. The number of hydrogen-bond donors (Lipinski definition) is 2. The monoisotopic (exact) mass is 346 g/mol. The number of benzene rings is 2. The van der Waals surface area contributed by atoms with E-state index in [4.69, 9.17) is 10.9 Å². The summed E-state index contributed by atoms with van der Waals surface area (Å²) in [6.07, 6.45) is 0. The van der Waals surface area contributed by atoms with Gasteiger partial charge < -0.3 is 10.6 Å². The minimum Gasteiger partial charge on any atom is -0.399 e. The predicted octanol–water partition coefficient (Wildman–Crippen LogP) is 1.24. The molecule has 0 spiro atoms. The van der Waals surface area contributed by atoms with Gasteiger partial charge in [0.15, 0.2) is 0 Å². The molecule has 0 bridgehead atoms. The summed E-state index contributed by atoms with van der Waals surface area (Å²) >= 11 is 0. The molecule has 0 aliphatic carbocycles. The second-order valence-corrected chi connectivity index (χ2v) is 7.61. The van der Waals surface area contributed by atoms with Crippen LogP contribution in [0.4, 0.5) is 11.4 Å². The van der Waals surface area contributed by atoms with Crippen LogP contribution in [0.15, 0.2) is 53.4 Å². The molecule has 0 radical (unpaired) electrons.